The number of rotatable bonds is 4. The highest BCUT2D eigenvalue weighted by Crippen LogP contribution is 2.26. The van der Waals surface area contributed by atoms with Crippen molar-refractivity contribution in [2.24, 2.45) is 5.92 Å². The Morgan fingerprint density at radius 1 is 1.38 bits per heavy atom. The molecule has 21 heavy (non-hydrogen) atoms. The molecule has 2 N–H and O–H groups in total. The maximum absolute atomic E-state index is 12.1. The highest BCUT2D eigenvalue weighted by Gasteiger charge is 2.22. The van der Waals surface area contributed by atoms with E-state index < -0.39 is 0 Å². The van der Waals surface area contributed by atoms with Crippen molar-refractivity contribution < 1.29 is 4.79 Å². The van der Waals surface area contributed by atoms with E-state index in [1.165, 1.54) is 6.42 Å². The molecule has 0 spiro atoms. The average molecular weight is 290 g/mol. The molecule has 1 aromatic carbocycles. The monoisotopic (exact) mass is 290 g/mol. The number of nitrogens with two attached hydrogens (primary N) is 1. The molecule has 2 rings (SSSR count). The van der Waals surface area contributed by atoms with Gasteiger partial charge in [-0.25, -0.2) is 0 Å². The fraction of sp³-hybridized carbons (Fsp3) is 0.562. The molecule has 0 bridgehead atoms. The van der Waals surface area contributed by atoms with Crippen LogP contribution in [-0.4, -0.2) is 63.5 Å². The van der Waals surface area contributed by atoms with Crippen molar-refractivity contribution in [3.8, 4) is 0 Å². The third kappa shape index (κ3) is 3.67. The van der Waals surface area contributed by atoms with Crippen LogP contribution in [0.4, 0.5) is 11.4 Å². The molecule has 1 heterocycles. The predicted octanol–water partition coefficient (Wildman–Crippen LogP) is 1.36. The Labute approximate surface area is 127 Å². The van der Waals surface area contributed by atoms with E-state index >= 15 is 0 Å². The van der Waals surface area contributed by atoms with Gasteiger partial charge in [0.2, 0.25) is 0 Å². The van der Waals surface area contributed by atoms with E-state index in [1.54, 1.807) is 25.1 Å². The lowest BCUT2D eigenvalue weighted by Crippen LogP contribution is -2.28. The number of anilines is 2. The summed E-state index contributed by atoms with van der Waals surface area (Å²) in [5.41, 5.74) is 8.43. The summed E-state index contributed by atoms with van der Waals surface area (Å²) >= 11 is 0. The first-order chi connectivity index (χ1) is 9.88. The maximum Gasteiger partial charge on any atom is 0.253 e. The van der Waals surface area contributed by atoms with E-state index in [1.807, 2.05) is 19.2 Å². The molecule has 0 aromatic heterocycles. The molecule has 1 saturated heterocycles. The summed E-state index contributed by atoms with van der Waals surface area (Å²) in [4.78, 5) is 18.2. The van der Waals surface area contributed by atoms with Crippen molar-refractivity contribution in [3.63, 3.8) is 0 Å². The number of amides is 1. The third-order valence-electron chi connectivity index (χ3n) is 4.12. The van der Waals surface area contributed by atoms with Gasteiger partial charge >= 0.3 is 0 Å². The SMILES string of the molecule is CN1CCC(CN(C)c2cc(C(=O)N(C)C)ccc2N)C1. The maximum atomic E-state index is 12.1. The second-order valence-corrected chi connectivity index (χ2v) is 6.27. The van der Waals surface area contributed by atoms with E-state index in [2.05, 4.69) is 16.8 Å². The van der Waals surface area contributed by atoms with Crippen LogP contribution in [0, 0.1) is 5.92 Å². The fourth-order valence-electron chi connectivity index (χ4n) is 2.93. The zero-order chi connectivity index (χ0) is 15.6. The van der Waals surface area contributed by atoms with Crippen LogP contribution in [0.15, 0.2) is 18.2 Å². The van der Waals surface area contributed by atoms with Gasteiger partial charge in [-0.15, -0.1) is 0 Å². The highest BCUT2D eigenvalue weighted by atomic mass is 16.2. The molecule has 116 valence electrons. The van der Waals surface area contributed by atoms with E-state index in [0.717, 1.165) is 31.0 Å². The summed E-state index contributed by atoms with van der Waals surface area (Å²) < 4.78 is 0. The lowest BCUT2D eigenvalue weighted by Gasteiger charge is -2.25. The van der Waals surface area contributed by atoms with E-state index in [0.29, 0.717) is 11.5 Å². The number of likely N-dealkylation sites (tertiary alicyclic amines) is 1. The Kier molecular flexibility index (Phi) is 4.73. The summed E-state index contributed by atoms with van der Waals surface area (Å²) in [5, 5.41) is 0. The molecule has 1 aromatic rings. The quantitative estimate of drug-likeness (QED) is 0.851. The normalized spacial score (nSPS) is 18.8. The molecular formula is C16H26N4O. The van der Waals surface area contributed by atoms with Gasteiger partial charge < -0.3 is 20.4 Å². The van der Waals surface area contributed by atoms with Crippen molar-refractivity contribution in [2.45, 2.75) is 6.42 Å². The molecule has 1 aliphatic rings. The second-order valence-electron chi connectivity index (χ2n) is 6.27. The zero-order valence-corrected chi connectivity index (χ0v) is 13.5. The molecule has 1 fully saturated rings. The third-order valence-corrected chi connectivity index (χ3v) is 4.12. The molecule has 0 radical (unpaired) electrons. The first-order valence-corrected chi connectivity index (χ1v) is 7.39. The Balaban J connectivity index is 2.14. The summed E-state index contributed by atoms with van der Waals surface area (Å²) in [7, 11) is 7.73. The summed E-state index contributed by atoms with van der Waals surface area (Å²) in [5.74, 6) is 0.665. The lowest BCUT2D eigenvalue weighted by atomic mass is 10.1. The predicted molar refractivity (Wildman–Crippen MR) is 87.7 cm³/mol. The summed E-state index contributed by atoms with van der Waals surface area (Å²) in [6.07, 6.45) is 1.22. The van der Waals surface area contributed by atoms with Crippen LogP contribution in [0.5, 0.6) is 0 Å². The number of carbonyl (C=O) groups is 1. The van der Waals surface area contributed by atoms with Crippen molar-refractivity contribution >= 4 is 17.3 Å². The van der Waals surface area contributed by atoms with Gasteiger partial charge in [0.1, 0.15) is 0 Å². The van der Waals surface area contributed by atoms with Crippen LogP contribution in [0.2, 0.25) is 0 Å². The van der Waals surface area contributed by atoms with Crippen LogP contribution in [0.1, 0.15) is 16.8 Å². The average Bonchev–Trinajstić information content (AvgIpc) is 2.83. The molecule has 1 unspecified atom stereocenters. The Hall–Kier alpha value is -1.75. The topological polar surface area (TPSA) is 52.8 Å². The minimum Gasteiger partial charge on any atom is -0.397 e. The second kappa shape index (κ2) is 6.35. The largest absolute Gasteiger partial charge is 0.397 e. The number of nitrogen functional groups attached to an aromatic ring is 1. The van der Waals surface area contributed by atoms with Gasteiger partial charge in [-0.05, 0) is 44.1 Å². The van der Waals surface area contributed by atoms with E-state index in [-0.39, 0.29) is 5.91 Å². The van der Waals surface area contributed by atoms with Gasteiger partial charge in [0.15, 0.2) is 0 Å². The van der Waals surface area contributed by atoms with Crippen molar-refractivity contribution in [1.82, 2.24) is 9.80 Å². The van der Waals surface area contributed by atoms with Gasteiger partial charge in [-0.1, -0.05) is 0 Å². The first kappa shape index (κ1) is 15.6. The molecule has 5 heteroatoms. The molecule has 1 atom stereocenters. The molecule has 1 amide bonds. The zero-order valence-electron chi connectivity index (χ0n) is 13.5. The van der Waals surface area contributed by atoms with Crippen molar-refractivity contribution in [2.75, 3.05) is 58.5 Å². The molecule has 5 nitrogen and oxygen atoms in total. The van der Waals surface area contributed by atoms with Gasteiger partial charge in [-0.3, -0.25) is 4.79 Å². The molecule has 0 aliphatic carbocycles. The number of nitrogens with zero attached hydrogens (tertiary/aromatic N) is 3. The molecular weight excluding hydrogens is 264 g/mol. The fourth-order valence-corrected chi connectivity index (χ4v) is 2.93. The van der Waals surface area contributed by atoms with Gasteiger partial charge in [-0.2, -0.15) is 0 Å². The summed E-state index contributed by atoms with van der Waals surface area (Å²) in [6.45, 7) is 3.25. The standard InChI is InChI=1S/C16H26N4O/c1-18(2)16(21)13-5-6-14(17)15(9-13)20(4)11-12-7-8-19(3)10-12/h5-6,9,12H,7-8,10-11,17H2,1-4H3. The van der Waals surface area contributed by atoms with Crippen LogP contribution in [-0.2, 0) is 0 Å². The number of carbonyl (C=O) groups excluding carboxylic acids is 1. The van der Waals surface area contributed by atoms with Crippen LogP contribution in [0.3, 0.4) is 0 Å². The molecule has 0 saturated carbocycles. The van der Waals surface area contributed by atoms with Crippen molar-refractivity contribution in [3.05, 3.63) is 23.8 Å². The van der Waals surface area contributed by atoms with Gasteiger partial charge in [0, 0.05) is 39.8 Å². The molecule has 1 aliphatic heterocycles. The van der Waals surface area contributed by atoms with E-state index in [4.69, 9.17) is 5.73 Å². The smallest absolute Gasteiger partial charge is 0.253 e. The highest BCUT2D eigenvalue weighted by molar-refractivity contribution is 5.96. The minimum atomic E-state index is 0.00486. The minimum absolute atomic E-state index is 0.00486. The number of hydrogen-bond donors (Lipinski definition) is 1. The van der Waals surface area contributed by atoms with Crippen molar-refractivity contribution in [1.29, 1.82) is 0 Å². The summed E-state index contributed by atoms with van der Waals surface area (Å²) in [6, 6.07) is 5.51. The lowest BCUT2D eigenvalue weighted by molar-refractivity contribution is 0.0827. The Bertz CT molecular complexity index is 515. The first-order valence-electron chi connectivity index (χ1n) is 7.39. The number of benzene rings is 1. The Morgan fingerprint density at radius 2 is 2.10 bits per heavy atom. The van der Waals surface area contributed by atoms with E-state index in [9.17, 15) is 4.79 Å². The van der Waals surface area contributed by atoms with Crippen LogP contribution < -0.4 is 10.6 Å². The van der Waals surface area contributed by atoms with Gasteiger partial charge in [0.25, 0.3) is 5.91 Å². The van der Waals surface area contributed by atoms with Gasteiger partial charge in [0.05, 0.1) is 11.4 Å². The van der Waals surface area contributed by atoms with Crippen LogP contribution >= 0.6 is 0 Å². The van der Waals surface area contributed by atoms with Crippen LogP contribution in [0.25, 0.3) is 0 Å². The number of hydrogen-bond acceptors (Lipinski definition) is 4. The Morgan fingerprint density at radius 3 is 2.67 bits per heavy atom.